The number of aromatic nitrogens is 2. The molecular weight excluding hydrogens is 248 g/mol. The van der Waals surface area contributed by atoms with E-state index in [2.05, 4.69) is 9.97 Å². The predicted molar refractivity (Wildman–Crippen MR) is 63.6 cm³/mol. The molecule has 1 rings (SSSR count). The number of halogens is 1. The average Bonchev–Trinajstić information content (AvgIpc) is 2.12. The van der Waals surface area contributed by atoms with Crippen molar-refractivity contribution in [1.29, 1.82) is 0 Å². The zero-order valence-electron chi connectivity index (χ0n) is 9.36. The van der Waals surface area contributed by atoms with Crippen LogP contribution in [0.5, 0.6) is 0 Å². The molecule has 0 spiro atoms. The molecule has 0 fully saturated rings. The first-order chi connectivity index (χ1) is 7.37. The summed E-state index contributed by atoms with van der Waals surface area (Å²) >= 11 is 6.89. The van der Waals surface area contributed by atoms with E-state index in [1.807, 2.05) is 20.8 Å². The second-order valence-electron chi connectivity index (χ2n) is 4.04. The zero-order chi connectivity index (χ0) is 12.2. The van der Waals surface area contributed by atoms with Crippen LogP contribution in [0.15, 0.2) is 17.3 Å². The Hall–Kier alpha value is -0.810. The van der Waals surface area contributed by atoms with Crippen LogP contribution in [0.4, 0.5) is 0 Å². The van der Waals surface area contributed by atoms with Gasteiger partial charge in [-0.1, -0.05) is 11.8 Å². The largest absolute Gasteiger partial charge is 0.459 e. The van der Waals surface area contributed by atoms with Crippen LogP contribution >= 0.6 is 23.4 Å². The molecule has 88 valence electrons. The summed E-state index contributed by atoms with van der Waals surface area (Å²) in [6.45, 7) is 5.49. The molecular formula is C10H13ClN2O2S. The fourth-order valence-electron chi connectivity index (χ4n) is 0.904. The van der Waals surface area contributed by atoms with Gasteiger partial charge in [0.1, 0.15) is 10.6 Å². The summed E-state index contributed by atoms with van der Waals surface area (Å²) in [4.78, 5) is 19.1. The predicted octanol–water partition coefficient (Wildman–Crippen LogP) is 2.56. The maximum atomic E-state index is 11.4. The van der Waals surface area contributed by atoms with Crippen molar-refractivity contribution in [2.75, 3.05) is 5.75 Å². The van der Waals surface area contributed by atoms with E-state index in [1.54, 1.807) is 12.3 Å². The maximum absolute atomic E-state index is 11.4. The van der Waals surface area contributed by atoms with E-state index in [1.165, 1.54) is 11.8 Å². The van der Waals surface area contributed by atoms with Gasteiger partial charge in [0.05, 0.1) is 5.75 Å². The molecule has 0 saturated heterocycles. The number of esters is 1. The third-order valence-corrected chi connectivity index (χ3v) is 2.44. The fourth-order valence-corrected chi connectivity index (χ4v) is 1.73. The lowest BCUT2D eigenvalue weighted by Crippen LogP contribution is -2.24. The molecule has 1 aromatic heterocycles. The van der Waals surface area contributed by atoms with E-state index in [0.717, 1.165) is 0 Å². The second kappa shape index (κ2) is 5.50. The molecule has 0 amide bonds. The van der Waals surface area contributed by atoms with Crippen LogP contribution in [0.25, 0.3) is 0 Å². The summed E-state index contributed by atoms with van der Waals surface area (Å²) in [7, 11) is 0. The molecule has 0 aliphatic carbocycles. The molecule has 0 aliphatic rings. The van der Waals surface area contributed by atoms with Crippen LogP contribution in [-0.4, -0.2) is 27.3 Å². The summed E-state index contributed by atoms with van der Waals surface area (Å²) in [6, 6.07) is 1.70. The number of hydrogen-bond acceptors (Lipinski definition) is 5. The summed E-state index contributed by atoms with van der Waals surface area (Å²) < 4.78 is 5.15. The van der Waals surface area contributed by atoms with Crippen LogP contribution in [-0.2, 0) is 9.53 Å². The standard InChI is InChI=1S/C10H13ClN2O2S/c1-10(2,3)15-8(14)6-16-7-4-5-12-9(11)13-7/h4-5H,6H2,1-3H3. The second-order valence-corrected chi connectivity index (χ2v) is 5.37. The first-order valence-corrected chi connectivity index (χ1v) is 6.06. The number of ether oxygens (including phenoxy) is 1. The number of rotatable bonds is 3. The summed E-state index contributed by atoms with van der Waals surface area (Å²) in [6.07, 6.45) is 1.55. The SMILES string of the molecule is CC(C)(C)OC(=O)CSc1ccnc(Cl)n1. The molecule has 4 nitrogen and oxygen atoms in total. The molecule has 0 unspecified atom stereocenters. The lowest BCUT2D eigenvalue weighted by Gasteiger charge is -2.19. The topological polar surface area (TPSA) is 52.1 Å². The fraction of sp³-hybridized carbons (Fsp3) is 0.500. The Morgan fingerprint density at radius 1 is 1.56 bits per heavy atom. The van der Waals surface area contributed by atoms with Gasteiger partial charge in [0, 0.05) is 6.20 Å². The molecule has 0 radical (unpaired) electrons. The van der Waals surface area contributed by atoms with Crippen molar-refractivity contribution < 1.29 is 9.53 Å². The average molecular weight is 261 g/mol. The Kier molecular flexibility index (Phi) is 4.56. The molecule has 1 heterocycles. The molecule has 0 atom stereocenters. The third kappa shape index (κ3) is 5.32. The Morgan fingerprint density at radius 3 is 2.81 bits per heavy atom. The number of nitrogens with zero attached hydrogens (tertiary/aromatic N) is 2. The number of carbonyl (C=O) groups excluding carboxylic acids is 1. The zero-order valence-corrected chi connectivity index (χ0v) is 10.9. The Labute approximate surface area is 104 Å². The van der Waals surface area contributed by atoms with Crippen LogP contribution in [0.1, 0.15) is 20.8 Å². The minimum absolute atomic E-state index is 0.175. The first kappa shape index (κ1) is 13.3. The Bertz CT molecular complexity index is 379. The van der Waals surface area contributed by atoms with Crippen LogP contribution in [0.2, 0.25) is 5.28 Å². The van der Waals surface area contributed by atoms with Crippen LogP contribution in [0.3, 0.4) is 0 Å². The molecule has 16 heavy (non-hydrogen) atoms. The van der Waals surface area contributed by atoms with Crippen molar-refractivity contribution in [3.05, 3.63) is 17.5 Å². The van der Waals surface area contributed by atoms with Crippen LogP contribution in [0, 0.1) is 0 Å². The number of carbonyl (C=O) groups is 1. The normalized spacial score (nSPS) is 11.2. The van der Waals surface area contributed by atoms with E-state index in [9.17, 15) is 4.79 Å². The van der Waals surface area contributed by atoms with Gasteiger partial charge in [0.15, 0.2) is 0 Å². The third-order valence-electron chi connectivity index (χ3n) is 1.36. The van der Waals surface area contributed by atoms with Crippen molar-refractivity contribution in [1.82, 2.24) is 9.97 Å². The highest BCUT2D eigenvalue weighted by Crippen LogP contribution is 2.17. The lowest BCUT2D eigenvalue weighted by atomic mass is 10.2. The van der Waals surface area contributed by atoms with Gasteiger partial charge >= 0.3 is 5.97 Å². The number of hydrogen-bond donors (Lipinski definition) is 0. The van der Waals surface area contributed by atoms with Crippen molar-refractivity contribution >= 4 is 29.3 Å². The van der Waals surface area contributed by atoms with Crippen molar-refractivity contribution in [2.24, 2.45) is 0 Å². The lowest BCUT2D eigenvalue weighted by molar-refractivity contribution is -0.151. The van der Waals surface area contributed by atoms with Gasteiger partial charge in [-0.3, -0.25) is 4.79 Å². The maximum Gasteiger partial charge on any atom is 0.316 e. The van der Waals surface area contributed by atoms with E-state index >= 15 is 0 Å². The Morgan fingerprint density at radius 2 is 2.25 bits per heavy atom. The molecule has 1 aromatic rings. The van der Waals surface area contributed by atoms with Crippen molar-refractivity contribution in [2.45, 2.75) is 31.4 Å². The van der Waals surface area contributed by atoms with E-state index < -0.39 is 5.60 Å². The first-order valence-electron chi connectivity index (χ1n) is 4.70. The van der Waals surface area contributed by atoms with E-state index in [-0.39, 0.29) is 17.0 Å². The molecule has 0 bridgehead atoms. The summed E-state index contributed by atoms with van der Waals surface area (Å²) in [5.41, 5.74) is -0.457. The quantitative estimate of drug-likeness (QED) is 0.362. The highest BCUT2D eigenvalue weighted by atomic mass is 35.5. The monoisotopic (exact) mass is 260 g/mol. The summed E-state index contributed by atoms with van der Waals surface area (Å²) in [5, 5.41) is 0.833. The molecule has 0 aromatic carbocycles. The smallest absolute Gasteiger partial charge is 0.316 e. The van der Waals surface area contributed by atoms with Gasteiger partial charge in [-0.15, -0.1) is 0 Å². The molecule has 0 saturated carbocycles. The minimum atomic E-state index is -0.457. The van der Waals surface area contributed by atoms with Crippen LogP contribution < -0.4 is 0 Å². The summed E-state index contributed by atoms with van der Waals surface area (Å²) in [5.74, 6) is -0.0582. The van der Waals surface area contributed by atoms with Crippen molar-refractivity contribution in [3.63, 3.8) is 0 Å². The highest BCUT2D eigenvalue weighted by molar-refractivity contribution is 7.99. The Balaban J connectivity index is 2.43. The van der Waals surface area contributed by atoms with Gasteiger partial charge in [0.2, 0.25) is 5.28 Å². The van der Waals surface area contributed by atoms with Gasteiger partial charge < -0.3 is 4.74 Å². The number of thioether (sulfide) groups is 1. The van der Waals surface area contributed by atoms with Gasteiger partial charge in [0.25, 0.3) is 0 Å². The van der Waals surface area contributed by atoms with Gasteiger partial charge in [-0.25, -0.2) is 9.97 Å². The molecule has 0 N–H and O–H groups in total. The van der Waals surface area contributed by atoms with Crippen molar-refractivity contribution in [3.8, 4) is 0 Å². The van der Waals surface area contributed by atoms with Gasteiger partial charge in [-0.2, -0.15) is 0 Å². The molecule has 6 heteroatoms. The minimum Gasteiger partial charge on any atom is -0.459 e. The molecule has 0 aliphatic heterocycles. The van der Waals surface area contributed by atoms with E-state index in [4.69, 9.17) is 16.3 Å². The van der Waals surface area contributed by atoms with E-state index in [0.29, 0.717) is 5.03 Å². The highest BCUT2D eigenvalue weighted by Gasteiger charge is 2.16. The van der Waals surface area contributed by atoms with Gasteiger partial charge in [-0.05, 0) is 38.4 Å².